The first-order valence-corrected chi connectivity index (χ1v) is 11.8. The Labute approximate surface area is 174 Å². The van der Waals surface area contributed by atoms with Crippen molar-refractivity contribution < 1.29 is 9.59 Å². The molecule has 0 spiro atoms. The maximum atomic E-state index is 13.1. The molecule has 5 aliphatic rings. The van der Waals surface area contributed by atoms with E-state index in [0.717, 1.165) is 74.1 Å². The summed E-state index contributed by atoms with van der Waals surface area (Å²) in [6, 6.07) is 7.87. The van der Waals surface area contributed by atoms with Gasteiger partial charge in [-0.1, -0.05) is 25.0 Å². The number of nitrogens with zero attached hydrogens (tertiary/aromatic N) is 1. The molecule has 4 heteroatoms. The van der Waals surface area contributed by atoms with Crippen molar-refractivity contribution in [2.75, 3.05) is 13.1 Å². The summed E-state index contributed by atoms with van der Waals surface area (Å²) >= 11 is 0. The van der Waals surface area contributed by atoms with Crippen LogP contribution in [0.4, 0.5) is 0 Å². The zero-order valence-electron chi connectivity index (χ0n) is 17.5. The number of nitrogens with one attached hydrogen (secondary N) is 1. The van der Waals surface area contributed by atoms with Crippen LogP contribution in [0, 0.1) is 23.2 Å². The number of hydrogen-bond donors (Lipinski definition) is 1. The van der Waals surface area contributed by atoms with Gasteiger partial charge in [0.25, 0.3) is 5.91 Å². The van der Waals surface area contributed by atoms with E-state index in [4.69, 9.17) is 0 Å². The van der Waals surface area contributed by atoms with Crippen molar-refractivity contribution in [2.45, 2.75) is 70.8 Å². The maximum absolute atomic E-state index is 13.1. The van der Waals surface area contributed by atoms with Crippen molar-refractivity contribution in [2.24, 2.45) is 23.2 Å². The van der Waals surface area contributed by atoms with Crippen LogP contribution >= 0.6 is 0 Å². The standard InChI is InChI=1S/C25H34N2O2/c28-23(27-9-3-1-2-4-10-27)22-7-5-18(6-8-22)17-26-24(29)25-14-19-11-20(15-25)13-21(12-19)16-25/h5-8,19-21H,1-4,9-17H2,(H,26,29). The first kappa shape index (κ1) is 19.1. The van der Waals surface area contributed by atoms with Gasteiger partial charge < -0.3 is 10.2 Å². The molecule has 0 radical (unpaired) electrons. The Balaban J connectivity index is 1.18. The molecule has 4 bridgehead atoms. The van der Waals surface area contributed by atoms with E-state index in [0.29, 0.717) is 6.54 Å². The molecule has 4 saturated carbocycles. The topological polar surface area (TPSA) is 49.4 Å². The minimum Gasteiger partial charge on any atom is -0.352 e. The first-order chi connectivity index (χ1) is 14.1. The zero-order valence-corrected chi connectivity index (χ0v) is 17.5. The summed E-state index contributed by atoms with van der Waals surface area (Å²) in [6.07, 6.45) is 12.1. The average Bonchev–Trinajstić information content (AvgIpc) is 3.00. The number of carbonyl (C=O) groups excluding carboxylic acids is 2. The highest BCUT2D eigenvalue weighted by Gasteiger charge is 2.54. The quantitative estimate of drug-likeness (QED) is 0.815. The van der Waals surface area contributed by atoms with Crippen LogP contribution in [0.1, 0.15) is 80.1 Å². The number of amides is 2. The van der Waals surface area contributed by atoms with E-state index in [9.17, 15) is 9.59 Å². The summed E-state index contributed by atoms with van der Waals surface area (Å²) in [5.41, 5.74) is 1.76. The molecule has 2 amide bonds. The van der Waals surface area contributed by atoms with Gasteiger partial charge in [-0.15, -0.1) is 0 Å². The SMILES string of the molecule is O=C(c1ccc(CNC(=O)C23CC4CC(CC(C4)C2)C3)cc1)N1CCCCCC1. The molecule has 156 valence electrons. The van der Waals surface area contributed by atoms with Crippen LogP contribution in [0.25, 0.3) is 0 Å². The van der Waals surface area contributed by atoms with E-state index >= 15 is 0 Å². The second-order valence-corrected chi connectivity index (χ2v) is 10.3. The molecule has 4 nitrogen and oxygen atoms in total. The summed E-state index contributed by atoms with van der Waals surface area (Å²) in [5, 5.41) is 3.24. The number of benzene rings is 1. The summed E-state index contributed by atoms with van der Waals surface area (Å²) < 4.78 is 0. The fourth-order valence-corrected chi connectivity index (χ4v) is 6.98. The van der Waals surface area contributed by atoms with E-state index in [1.165, 1.54) is 32.1 Å². The molecule has 6 rings (SSSR count). The van der Waals surface area contributed by atoms with Crippen molar-refractivity contribution in [1.29, 1.82) is 0 Å². The average molecular weight is 395 g/mol. The van der Waals surface area contributed by atoms with E-state index in [1.807, 2.05) is 29.2 Å². The van der Waals surface area contributed by atoms with Crippen molar-refractivity contribution in [3.05, 3.63) is 35.4 Å². The third-order valence-corrected chi connectivity index (χ3v) is 8.07. The van der Waals surface area contributed by atoms with Gasteiger partial charge >= 0.3 is 0 Å². The number of hydrogen-bond acceptors (Lipinski definition) is 2. The summed E-state index contributed by atoms with van der Waals surface area (Å²) in [4.78, 5) is 27.9. The lowest BCUT2D eigenvalue weighted by Crippen LogP contribution is -2.53. The smallest absolute Gasteiger partial charge is 0.253 e. The Morgan fingerprint density at radius 1 is 0.862 bits per heavy atom. The van der Waals surface area contributed by atoms with E-state index in [-0.39, 0.29) is 17.2 Å². The van der Waals surface area contributed by atoms with Gasteiger partial charge in [-0.3, -0.25) is 9.59 Å². The van der Waals surface area contributed by atoms with Gasteiger partial charge in [-0.2, -0.15) is 0 Å². The highest BCUT2D eigenvalue weighted by Crippen LogP contribution is 2.60. The minimum absolute atomic E-state index is 0.0859. The summed E-state index contributed by atoms with van der Waals surface area (Å²) in [6.45, 7) is 2.32. The molecule has 1 N–H and O–H groups in total. The number of rotatable bonds is 4. The molecule has 29 heavy (non-hydrogen) atoms. The largest absolute Gasteiger partial charge is 0.352 e. The van der Waals surface area contributed by atoms with Gasteiger partial charge in [0, 0.05) is 30.6 Å². The fourth-order valence-electron chi connectivity index (χ4n) is 6.98. The Morgan fingerprint density at radius 2 is 1.41 bits per heavy atom. The van der Waals surface area contributed by atoms with Crippen LogP contribution < -0.4 is 5.32 Å². The van der Waals surface area contributed by atoms with Crippen LogP contribution in [0.3, 0.4) is 0 Å². The molecule has 1 heterocycles. The van der Waals surface area contributed by atoms with E-state index in [1.54, 1.807) is 0 Å². The molecule has 1 saturated heterocycles. The fraction of sp³-hybridized carbons (Fsp3) is 0.680. The van der Waals surface area contributed by atoms with Crippen molar-refractivity contribution in [3.63, 3.8) is 0 Å². The zero-order chi connectivity index (χ0) is 19.8. The first-order valence-electron chi connectivity index (χ1n) is 11.8. The van der Waals surface area contributed by atoms with Crippen LogP contribution in [0.15, 0.2) is 24.3 Å². The van der Waals surface area contributed by atoms with Gasteiger partial charge in [0.05, 0.1) is 0 Å². The van der Waals surface area contributed by atoms with Crippen molar-refractivity contribution in [1.82, 2.24) is 10.2 Å². The van der Waals surface area contributed by atoms with Crippen molar-refractivity contribution in [3.8, 4) is 0 Å². The second kappa shape index (κ2) is 7.77. The molecule has 0 aromatic heterocycles. The Morgan fingerprint density at radius 3 is 1.97 bits per heavy atom. The predicted molar refractivity (Wildman–Crippen MR) is 113 cm³/mol. The van der Waals surface area contributed by atoms with E-state index < -0.39 is 0 Å². The number of likely N-dealkylation sites (tertiary alicyclic amines) is 1. The third-order valence-electron chi connectivity index (χ3n) is 8.07. The van der Waals surface area contributed by atoms with Gasteiger partial charge in [-0.25, -0.2) is 0 Å². The predicted octanol–water partition coefficient (Wildman–Crippen LogP) is 4.54. The molecule has 4 aliphatic carbocycles. The van der Waals surface area contributed by atoms with Crippen LogP contribution in [-0.2, 0) is 11.3 Å². The van der Waals surface area contributed by atoms with Gasteiger partial charge in [-0.05, 0) is 86.8 Å². The molecule has 5 fully saturated rings. The Kier molecular flexibility index (Phi) is 5.13. The normalized spacial score (nSPS) is 33.4. The van der Waals surface area contributed by atoms with Crippen LogP contribution in [0.5, 0.6) is 0 Å². The molecule has 1 aromatic carbocycles. The molecule has 0 atom stereocenters. The molecule has 0 unspecified atom stereocenters. The molecule has 1 aromatic rings. The Hall–Kier alpha value is -1.84. The van der Waals surface area contributed by atoms with Gasteiger partial charge in [0.2, 0.25) is 5.91 Å². The van der Waals surface area contributed by atoms with Gasteiger partial charge in [0.1, 0.15) is 0 Å². The van der Waals surface area contributed by atoms with E-state index in [2.05, 4.69) is 5.32 Å². The maximum Gasteiger partial charge on any atom is 0.253 e. The highest BCUT2D eigenvalue weighted by atomic mass is 16.2. The molecule has 1 aliphatic heterocycles. The summed E-state index contributed by atoms with van der Waals surface area (Å²) in [7, 11) is 0. The lowest BCUT2D eigenvalue weighted by atomic mass is 9.49. The monoisotopic (exact) mass is 394 g/mol. The molecular weight excluding hydrogens is 360 g/mol. The lowest BCUT2D eigenvalue weighted by Gasteiger charge is -2.55. The lowest BCUT2D eigenvalue weighted by molar-refractivity contribution is -0.146. The van der Waals surface area contributed by atoms with Crippen molar-refractivity contribution >= 4 is 11.8 Å². The Bertz CT molecular complexity index is 726. The number of carbonyl (C=O) groups is 2. The highest BCUT2D eigenvalue weighted by molar-refractivity contribution is 5.94. The van der Waals surface area contributed by atoms with Crippen LogP contribution in [-0.4, -0.2) is 29.8 Å². The van der Waals surface area contributed by atoms with Crippen LogP contribution in [0.2, 0.25) is 0 Å². The van der Waals surface area contributed by atoms with Gasteiger partial charge in [0.15, 0.2) is 0 Å². The minimum atomic E-state index is -0.0859. The second-order valence-electron chi connectivity index (χ2n) is 10.3. The molecular formula is C25H34N2O2. The summed E-state index contributed by atoms with van der Waals surface area (Å²) in [5.74, 6) is 2.79. The third kappa shape index (κ3) is 3.83.